The minimum Gasteiger partial charge on any atom is -0.381 e. The molecule has 108 valence electrons. The summed E-state index contributed by atoms with van der Waals surface area (Å²) < 4.78 is 5.25. The van der Waals surface area contributed by atoms with E-state index >= 15 is 0 Å². The minimum absolute atomic E-state index is 0.00255. The van der Waals surface area contributed by atoms with Crippen LogP contribution in [0.25, 0.3) is 0 Å². The first-order chi connectivity index (χ1) is 9.58. The van der Waals surface area contributed by atoms with E-state index in [4.69, 9.17) is 4.74 Å². The highest BCUT2D eigenvalue weighted by Crippen LogP contribution is 2.18. The van der Waals surface area contributed by atoms with Crippen LogP contribution in [0.1, 0.15) is 23.2 Å². The third-order valence-corrected chi connectivity index (χ3v) is 3.38. The molecule has 1 fully saturated rings. The molecule has 0 bridgehead atoms. The quantitative estimate of drug-likeness (QED) is 0.915. The molecule has 1 heterocycles. The van der Waals surface area contributed by atoms with Gasteiger partial charge in [-0.1, -0.05) is 6.07 Å². The van der Waals surface area contributed by atoms with Crippen molar-refractivity contribution in [1.82, 2.24) is 4.90 Å². The van der Waals surface area contributed by atoms with Crippen molar-refractivity contribution in [3.63, 3.8) is 0 Å². The number of ether oxygens (including phenoxy) is 1. The van der Waals surface area contributed by atoms with E-state index in [0.717, 1.165) is 12.8 Å². The van der Waals surface area contributed by atoms with Gasteiger partial charge in [0.2, 0.25) is 5.91 Å². The number of hydrogen-bond donors (Lipinski definition) is 1. The lowest BCUT2D eigenvalue weighted by molar-refractivity contribution is -0.122. The Hall–Kier alpha value is -1.88. The fourth-order valence-electron chi connectivity index (χ4n) is 2.19. The number of nitrogens with zero attached hydrogens (tertiary/aromatic N) is 1. The van der Waals surface area contributed by atoms with Gasteiger partial charge in [-0.2, -0.15) is 0 Å². The second-order valence-corrected chi connectivity index (χ2v) is 5.16. The van der Waals surface area contributed by atoms with E-state index in [1.807, 2.05) is 0 Å². The van der Waals surface area contributed by atoms with Crippen molar-refractivity contribution >= 4 is 17.5 Å². The van der Waals surface area contributed by atoms with Crippen molar-refractivity contribution in [3.8, 4) is 0 Å². The normalized spacial score (nSPS) is 15.7. The van der Waals surface area contributed by atoms with Gasteiger partial charge in [-0.25, -0.2) is 0 Å². The molecule has 0 aromatic heterocycles. The summed E-state index contributed by atoms with van der Waals surface area (Å²) in [6.45, 7) is 1.27. The fraction of sp³-hybridized carbons (Fsp3) is 0.467. The Morgan fingerprint density at radius 3 is 2.60 bits per heavy atom. The lowest BCUT2D eigenvalue weighted by Gasteiger charge is -2.21. The molecule has 0 atom stereocenters. The van der Waals surface area contributed by atoms with Crippen LogP contribution in [0.4, 0.5) is 5.69 Å². The van der Waals surface area contributed by atoms with Crippen molar-refractivity contribution in [2.75, 3.05) is 32.6 Å². The SMILES string of the molecule is CN(C)C(=O)c1cccc(NC(=O)C2CCOCC2)c1. The van der Waals surface area contributed by atoms with Gasteiger partial charge in [-0.15, -0.1) is 0 Å². The van der Waals surface area contributed by atoms with Crippen LogP contribution in [0.2, 0.25) is 0 Å². The predicted molar refractivity (Wildman–Crippen MR) is 76.6 cm³/mol. The van der Waals surface area contributed by atoms with Crippen molar-refractivity contribution in [2.24, 2.45) is 5.92 Å². The van der Waals surface area contributed by atoms with E-state index in [0.29, 0.717) is 24.5 Å². The maximum atomic E-state index is 12.1. The molecule has 5 nitrogen and oxygen atoms in total. The van der Waals surface area contributed by atoms with E-state index in [2.05, 4.69) is 5.32 Å². The molecule has 0 saturated carbocycles. The van der Waals surface area contributed by atoms with Crippen LogP contribution in [0.5, 0.6) is 0 Å². The summed E-state index contributed by atoms with van der Waals surface area (Å²) in [7, 11) is 3.41. The van der Waals surface area contributed by atoms with Crippen LogP contribution in [-0.4, -0.2) is 44.0 Å². The Balaban J connectivity index is 2.04. The van der Waals surface area contributed by atoms with Gasteiger partial charge in [0.1, 0.15) is 0 Å². The number of benzene rings is 1. The van der Waals surface area contributed by atoms with Gasteiger partial charge in [-0.05, 0) is 31.0 Å². The lowest BCUT2D eigenvalue weighted by atomic mass is 9.99. The van der Waals surface area contributed by atoms with Gasteiger partial charge < -0.3 is 15.0 Å². The summed E-state index contributed by atoms with van der Waals surface area (Å²) in [5.41, 5.74) is 1.23. The zero-order valence-electron chi connectivity index (χ0n) is 11.9. The molecule has 1 N–H and O–H groups in total. The molecule has 0 radical (unpaired) electrons. The highest BCUT2D eigenvalue weighted by atomic mass is 16.5. The van der Waals surface area contributed by atoms with Crippen LogP contribution in [0, 0.1) is 5.92 Å². The van der Waals surface area contributed by atoms with Crippen molar-refractivity contribution < 1.29 is 14.3 Å². The molecule has 1 aromatic rings. The first-order valence-electron chi connectivity index (χ1n) is 6.78. The third kappa shape index (κ3) is 3.57. The first kappa shape index (κ1) is 14.5. The molecule has 1 aliphatic heterocycles. The Labute approximate surface area is 118 Å². The van der Waals surface area contributed by atoms with Crippen LogP contribution in [-0.2, 0) is 9.53 Å². The second kappa shape index (κ2) is 6.52. The monoisotopic (exact) mass is 276 g/mol. The van der Waals surface area contributed by atoms with Gasteiger partial charge in [0.25, 0.3) is 5.91 Å². The maximum absolute atomic E-state index is 12.1. The Kier molecular flexibility index (Phi) is 4.74. The maximum Gasteiger partial charge on any atom is 0.253 e. The van der Waals surface area contributed by atoms with Gasteiger partial charge in [0.15, 0.2) is 0 Å². The second-order valence-electron chi connectivity index (χ2n) is 5.16. The molecule has 0 aliphatic carbocycles. The summed E-state index contributed by atoms with van der Waals surface area (Å²) >= 11 is 0. The fourth-order valence-corrected chi connectivity index (χ4v) is 2.19. The van der Waals surface area contributed by atoms with Crippen molar-refractivity contribution in [2.45, 2.75) is 12.8 Å². The highest BCUT2D eigenvalue weighted by molar-refractivity contribution is 5.97. The molecule has 5 heteroatoms. The Morgan fingerprint density at radius 1 is 1.25 bits per heavy atom. The number of hydrogen-bond acceptors (Lipinski definition) is 3. The molecule has 1 aliphatic rings. The zero-order chi connectivity index (χ0) is 14.5. The number of anilines is 1. The number of nitrogens with one attached hydrogen (secondary N) is 1. The van der Waals surface area contributed by atoms with Crippen LogP contribution in [0.15, 0.2) is 24.3 Å². The Bertz CT molecular complexity index is 494. The third-order valence-electron chi connectivity index (χ3n) is 3.38. The summed E-state index contributed by atoms with van der Waals surface area (Å²) in [4.78, 5) is 25.5. The van der Waals surface area contributed by atoms with E-state index < -0.39 is 0 Å². The van der Waals surface area contributed by atoms with Gasteiger partial charge in [-0.3, -0.25) is 9.59 Å². The number of rotatable bonds is 3. The summed E-state index contributed by atoms with van der Waals surface area (Å²) in [5, 5.41) is 2.88. The van der Waals surface area contributed by atoms with E-state index in [-0.39, 0.29) is 17.7 Å². The standard InChI is InChI=1S/C15H20N2O3/c1-17(2)15(19)12-4-3-5-13(10-12)16-14(18)11-6-8-20-9-7-11/h3-5,10-11H,6-9H2,1-2H3,(H,16,18). The number of amides is 2. The van der Waals surface area contributed by atoms with Crippen LogP contribution >= 0.6 is 0 Å². The highest BCUT2D eigenvalue weighted by Gasteiger charge is 2.21. The van der Waals surface area contributed by atoms with Crippen molar-refractivity contribution in [1.29, 1.82) is 0 Å². The molecule has 20 heavy (non-hydrogen) atoms. The first-order valence-corrected chi connectivity index (χ1v) is 6.78. The molecule has 1 aromatic carbocycles. The molecular weight excluding hydrogens is 256 g/mol. The lowest BCUT2D eigenvalue weighted by Crippen LogP contribution is -2.28. The topological polar surface area (TPSA) is 58.6 Å². The Morgan fingerprint density at radius 2 is 1.95 bits per heavy atom. The average Bonchev–Trinajstić information content (AvgIpc) is 2.47. The predicted octanol–water partition coefficient (Wildman–Crippen LogP) is 1.75. The summed E-state index contributed by atoms with van der Waals surface area (Å²) in [5.74, 6) is -0.0770. The molecular formula is C15H20N2O3. The molecule has 0 spiro atoms. The molecule has 2 rings (SSSR count). The van der Waals surface area contributed by atoms with Crippen molar-refractivity contribution in [3.05, 3.63) is 29.8 Å². The summed E-state index contributed by atoms with van der Waals surface area (Å²) in [6.07, 6.45) is 1.50. The van der Waals surface area contributed by atoms with Gasteiger partial charge in [0, 0.05) is 44.5 Å². The number of carbonyl (C=O) groups excluding carboxylic acids is 2. The van der Waals surface area contributed by atoms with Gasteiger partial charge in [0.05, 0.1) is 0 Å². The number of carbonyl (C=O) groups is 2. The average molecular weight is 276 g/mol. The van der Waals surface area contributed by atoms with Crippen LogP contribution in [0.3, 0.4) is 0 Å². The largest absolute Gasteiger partial charge is 0.381 e. The summed E-state index contributed by atoms with van der Waals surface area (Å²) in [6, 6.07) is 7.02. The molecule has 2 amide bonds. The van der Waals surface area contributed by atoms with E-state index in [9.17, 15) is 9.59 Å². The zero-order valence-corrected chi connectivity index (χ0v) is 11.9. The minimum atomic E-state index is -0.0767. The van der Waals surface area contributed by atoms with Crippen LogP contribution < -0.4 is 5.32 Å². The van der Waals surface area contributed by atoms with Gasteiger partial charge >= 0.3 is 0 Å². The smallest absolute Gasteiger partial charge is 0.253 e. The molecule has 1 saturated heterocycles. The van der Waals surface area contributed by atoms with E-state index in [1.165, 1.54) is 4.90 Å². The molecule has 0 unspecified atom stereocenters. The van der Waals surface area contributed by atoms with E-state index in [1.54, 1.807) is 38.4 Å².